The van der Waals surface area contributed by atoms with Crippen LogP contribution in [0.4, 0.5) is 11.4 Å². The molecule has 196 valence electrons. The van der Waals surface area contributed by atoms with E-state index in [1.54, 1.807) is 19.4 Å². The first-order chi connectivity index (χ1) is 18.2. The van der Waals surface area contributed by atoms with E-state index in [4.69, 9.17) is 17.0 Å². The Hall–Kier alpha value is -3.89. The minimum atomic E-state index is -3.40. The van der Waals surface area contributed by atoms with Crippen LogP contribution >= 0.6 is 12.2 Å². The van der Waals surface area contributed by atoms with Crippen LogP contribution in [0, 0.1) is 13.8 Å². The molecule has 1 saturated heterocycles. The highest BCUT2D eigenvalue weighted by Gasteiger charge is 2.42. The number of sulfonamides is 1. The van der Waals surface area contributed by atoms with E-state index in [9.17, 15) is 8.42 Å². The molecule has 2 aromatic heterocycles. The number of nitrogens with zero attached hydrogens (tertiary/aromatic N) is 3. The van der Waals surface area contributed by atoms with Crippen molar-refractivity contribution in [2.24, 2.45) is 0 Å². The van der Waals surface area contributed by atoms with Crippen molar-refractivity contribution >= 4 is 38.7 Å². The Labute approximate surface area is 228 Å². The first kappa shape index (κ1) is 25.7. The summed E-state index contributed by atoms with van der Waals surface area (Å²) < 4.78 is 33.8. The number of hydrogen-bond acceptors (Lipinski definition) is 5. The molecule has 2 atom stereocenters. The largest absolute Gasteiger partial charge is 0.497 e. The zero-order valence-corrected chi connectivity index (χ0v) is 23.2. The molecule has 10 heteroatoms. The molecule has 2 N–H and O–H groups in total. The normalized spacial score (nSPS) is 17.4. The Balaban J connectivity index is 1.65. The van der Waals surface area contributed by atoms with Crippen LogP contribution in [-0.2, 0) is 10.0 Å². The molecule has 2 aromatic carbocycles. The van der Waals surface area contributed by atoms with Gasteiger partial charge in [-0.25, -0.2) is 8.42 Å². The highest BCUT2D eigenvalue weighted by molar-refractivity contribution is 7.92. The third-order valence-corrected chi connectivity index (χ3v) is 7.53. The average Bonchev–Trinajstić information content (AvgIpc) is 3.44. The number of benzene rings is 2. The van der Waals surface area contributed by atoms with Crippen LogP contribution in [0.15, 0.2) is 79.0 Å². The number of ether oxygens (including phenoxy) is 1. The number of pyridine rings is 1. The molecule has 0 unspecified atom stereocenters. The van der Waals surface area contributed by atoms with Crippen LogP contribution in [0.1, 0.15) is 34.7 Å². The maximum Gasteiger partial charge on any atom is 0.229 e. The maximum absolute atomic E-state index is 11.8. The summed E-state index contributed by atoms with van der Waals surface area (Å²) in [6, 6.07) is 23.2. The summed E-state index contributed by atoms with van der Waals surface area (Å²) >= 11 is 5.89. The Morgan fingerprint density at radius 3 is 2.37 bits per heavy atom. The van der Waals surface area contributed by atoms with Gasteiger partial charge in [0.2, 0.25) is 10.0 Å². The molecule has 0 radical (unpaired) electrons. The summed E-state index contributed by atoms with van der Waals surface area (Å²) in [5.74, 6) is 0.787. The van der Waals surface area contributed by atoms with E-state index in [-0.39, 0.29) is 12.1 Å². The molecule has 3 heterocycles. The standard InChI is InChI=1S/C28H29N5O3S2/c1-18-17-21(11-14-23(18)31-38(4,34)35)33-27(26(30-28(33)37)24-7-5-6-16-29-24)25-15-8-19(2)32(25)20-9-12-22(36-3)13-10-20/h5-17,26-27,31H,1-4H3,(H,30,37)/t26-,27+/m1/s1. The number of aryl methyl sites for hydroxylation is 2. The average molecular weight is 548 g/mol. The Bertz CT molecular complexity index is 1580. The summed E-state index contributed by atoms with van der Waals surface area (Å²) in [5.41, 5.74) is 6.15. The highest BCUT2D eigenvalue weighted by atomic mass is 32.2. The fourth-order valence-electron chi connectivity index (χ4n) is 4.92. The summed E-state index contributed by atoms with van der Waals surface area (Å²) in [6.45, 7) is 3.95. The third kappa shape index (κ3) is 4.97. The zero-order chi connectivity index (χ0) is 27.0. The summed E-state index contributed by atoms with van der Waals surface area (Å²) in [6.07, 6.45) is 2.92. The summed E-state index contributed by atoms with van der Waals surface area (Å²) in [4.78, 5) is 6.74. The molecule has 1 fully saturated rings. The minimum absolute atomic E-state index is 0.218. The van der Waals surface area contributed by atoms with Gasteiger partial charge in [-0.05, 0) is 98.4 Å². The smallest absolute Gasteiger partial charge is 0.229 e. The van der Waals surface area contributed by atoms with Gasteiger partial charge in [0.25, 0.3) is 0 Å². The monoisotopic (exact) mass is 547 g/mol. The molecule has 5 rings (SSSR count). The van der Waals surface area contributed by atoms with Gasteiger partial charge in [0.15, 0.2) is 5.11 Å². The summed E-state index contributed by atoms with van der Waals surface area (Å²) in [5, 5.41) is 4.06. The Morgan fingerprint density at radius 2 is 1.74 bits per heavy atom. The fourth-order valence-corrected chi connectivity index (χ4v) is 5.89. The zero-order valence-electron chi connectivity index (χ0n) is 21.5. The van der Waals surface area contributed by atoms with Crippen LogP contribution in [0.25, 0.3) is 5.69 Å². The van der Waals surface area contributed by atoms with E-state index in [2.05, 4.69) is 43.5 Å². The number of thiocarbonyl (C=S) groups is 1. The van der Waals surface area contributed by atoms with Crippen LogP contribution in [0.5, 0.6) is 5.75 Å². The van der Waals surface area contributed by atoms with Crippen LogP contribution in [0.2, 0.25) is 0 Å². The van der Waals surface area contributed by atoms with E-state index in [1.165, 1.54) is 0 Å². The van der Waals surface area contributed by atoms with E-state index in [0.29, 0.717) is 10.8 Å². The SMILES string of the molecule is COc1ccc(-n2c(C)ccc2[C@H]2[C@@H](c3ccccn3)NC(=S)N2c2ccc(NS(C)(=O)=O)c(C)c2)cc1. The quantitative estimate of drug-likeness (QED) is 0.313. The van der Waals surface area contributed by atoms with Gasteiger partial charge in [-0.1, -0.05) is 6.07 Å². The van der Waals surface area contributed by atoms with Crippen molar-refractivity contribution in [3.8, 4) is 11.4 Å². The molecule has 1 aliphatic rings. The molecular weight excluding hydrogens is 518 g/mol. The van der Waals surface area contributed by atoms with E-state index in [1.807, 2.05) is 61.5 Å². The molecule has 4 aromatic rings. The highest BCUT2D eigenvalue weighted by Crippen LogP contribution is 2.43. The van der Waals surface area contributed by atoms with Gasteiger partial charge in [0.1, 0.15) is 11.8 Å². The third-order valence-electron chi connectivity index (χ3n) is 6.62. The molecule has 0 aliphatic carbocycles. The van der Waals surface area contributed by atoms with Crippen molar-refractivity contribution in [3.05, 3.63) is 102 Å². The van der Waals surface area contributed by atoms with Gasteiger partial charge in [0, 0.05) is 29.0 Å². The first-order valence-electron chi connectivity index (χ1n) is 12.1. The van der Waals surface area contributed by atoms with Crippen LogP contribution in [-0.4, -0.2) is 36.4 Å². The van der Waals surface area contributed by atoms with Crippen molar-refractivity contribution in [2.75, 3.05) is 23.0 Å². The predicted molar refractivity (Wildman–Crippen MR) is 155 cm³/mol. The van der Waals surface area contributed by atoms with Gasteiger partial charge in [-0.15, -0.1) is 0 Å². The molecule has 0 saturated carbocycles. The van der Waals surface area contributed by atoms with E-state index < -0.39 is 10.0 Å². The second kappa shape index (κ2) is 10.1. The van der Waals surface area contributed by atoms with Crippen LogP contribution in [0.3, 0.4) is 0 Å². The van der Waals surface area contributed by atoms with Crippen molar-refractivity contribution in [2.45, 2.75) is 25.9 Å². The van der Waals surface area contributed by atoms with Gasteiger partial charge in [-0.2, -0.15) is 0 Å². The number of rotatable bonds is 7. The number of aromatic nitrogens is 2. The van der Waals surface area contributed by atoms with E-state index in [0.717, 1.165) is 46.0 Å². The Morgan fingerprint density at radius 1 is 1.00 bits per heavy atom. The van der Waals surface area contributed by atoms with Gasteiger partial charge < -0.3 is 19.5 Å². The second-order valence-electron chi connectivity index (χ2n) is 9.30. The van der Waals surface area contributed by atoms with Crippen LogP contribution < -0.4 is 19.7 Å². The van der Waals surface area contributed by atoms with Crippen molar-refractivity contribution in [3.63, 3.8) is 0 Å². The van der Waals surface area contributed by atoms with Crippen molar-refractivity contribution in [1.29, 1.82) is 0 Å². The lowest BCUT2D eigenvalue weighted by molar-refractivity contribution is 0.414. The van der Waals surface area contributed by atoms with Gasteiger partial charge >= 0.3 is 0 Å². The Kier molecular flexibility index (Phi) is 6.85. The predicted octanol–water partition coefficient (Wildman–Crippen LogP) is 5.05. The number of nitrogens with one attached hydrogen (secondary N) is 2. The minimum Gasteiger partial charge on any atom is -0.497 e. The first-order valence-corrected chi connectivity index (χ1v) is 14.4. The van der Waals surface area contributed by atoms with E-state index >= 15 is 0 Å². The topological polar surface area (TPSA) is 88.5 Å². The van der Waals surface area contributed by atoms with Gasteiger partial charge in [0.05, 0.1) is 30.8 Å². The maximum atomic E-state index is 11.8. The molecular formula is C28H29N5O3S2. The molecule has 0 bridgehead atoms. The molecule has 38 heavy (non-hydrogen) atoms. The molecule has 8 nitrogen and oxygen atoms in total. The van der Waals surface area contributed by atoms with Gasteiger partial charge in [-0.3, -0.25) is 9.71 Å². The lowest BCUT2D eigenvalue weighted by Gasteiger charge is -2.30. The van der Waals surface area contributed by atoms with Crippen molar-refractivity contribution < 1.29 is 13.2 Å². The molecule has 1 aliphatic heterocycles. The molecule has 0 amide bonds. The number of hydrogen-bond donors (Lipinski definition) is 2. The fraction of sp³-hybridized carbons (Fsp3) is 0.214. The number of methoxy groups -OCH3 is 1. The lowest BCUT2D eigenvalue weighted by atomic mass is 10.0. The molecule has 0 spiro atoms. The number of anilines is 2. The van der Waals surface area contributed by atoms with Crippen molar-refractivity contribution in [1.82, 2.24) is 14.9 Å². The second-order valence-corrected chi connectivity index (χ2v) is 11.4. The lowest BCUT2D eigenvalue weighted by Crippen LogP contribution is -2.30. The summed E-state index contributed by atoms with van der Waals surface area (Å²) in [7, 11) is -1.75.